The number of phosphoric acid groups is 1. The number of nitrogens with two attached hydrogens (primary N) is 1. The molecular weight excluding hydrogens is 463 g/mol. The van der Waals surface area contributed by atoms with Crippen molar-refractivity contribution in [3.05, 3.63) is 0 Å². The van der Waals surface area contributed by atoms with Crippen LogP contribution in [0.5, 0.6) is 0 Å². The lowest BCUT2D eigenvalue weighted by atomic mass is 10.1. The van der Waals surface area contributed by atoms with Crippen LogP contribution in [0.15, 0.2) is 0 Å². The van der Waals surface area contributed by atoms with E-state index in [-0.39, 0.29) is 18.4 Å². The first-order valence-corrected chi connectivity index (χ1v) is 14.1. The highest BCUT2D eigenvalue weighted by Crippen LogP contribution is 2.30. The van der Waals surface area contributed by atoms with E-state index in [1.165, 1.54) is 0 Å². The Morgan fingerprint density at radius 1 is 0.882 bits per heavy atom. The maximum Gasteiger partial charge on any atom is 0.265 e. The number of amides is 2. The summed E-state index contributed by atoms with van der Waals surface area (Å²) in [6.07, 6.45) is 8.51. The van der Waals surface area contributed by atoms with E-state index in [2.05, 4.69) is 15.2 Å². The van der Waals surface area contributed by atoms with Crippen LogP contribution >= 0.6 is 7.82 Å². The number of unbranched alkanes of at least 4 members (excludes halogenated alkanes) is 4. The Labute approximate surface area is 203 Å². The maximum absolute atomic E-state index is 11.9. The fraction of sp³-hybridized carbons (Fsp3) is 0.909. The van der Waals surface area contributed by atoms with E-state index in [0.717, 1.165) is 75.5 Å². The lowest BCUT2D eigenvalue weighted by molar-refractivity contribution is -0.917. The number of quaternary nitrogens is 1. The second-order valence-electron chi connectivity index (χ2n) is 8.97. The molecule has 12 heteroatoms. The fourth-order valence-electron chi connectivity index (χ4n) is 4.14. The molecule has 1 fully saturated rings. The van der Waals surface area contributed by atoms with Gasteiger partial charge in [0.2, 0.25) is 11.8 Å². The largest absolute Gasteiger partial charge is 0.756 e. The van der Waals surface area contributed by atoms with Gasteiger partial charge in [-0.2, -0.15) is 0 Å². The number of nitrogens with zero attached hydrogens (tertiary/aromatic N) is 1. The van der Waals surface area contributed by atoms with Gasteiger partial charge in [0.25, 0.3) is 7.82 Å². The van der Waals surface area contributed by atoms with E-state index in [0.29, 0.717) is 52.2 Å². The van der Waals surface area contributed by atoms with E-state index in [1.807, 2.05) is 0 Å². The zero-order chi connectivity index (χ0) is 25.1. The van der Waals surface area contributed by atoms with Gasteiger partial charge in [0.15, 0.2) is 0 Å². The van der Waals surface area contributed by atoms with Crippen molar-refractivity contribution in [2.24, 2.45) is 5.73 Å². The van der Waals surface area contributed by atoms with Crippen molar-refractivity contribution < 1.29 is 37.7 Å². The molecule has 2 amide bonds. The van der Waals surface area contributed by atoms with Gasteiger partial charge in [-0.05, 0) is 32.2 Å². The van der Waals surface area contributed by atoms with Gasteiger partial charge in [-0.15, -0.1) is 0 Å². The van der Waals surface area contributed by atoms with Crippen LogP contribution in [0.1, 0.15) is 64.2 Å². The number of nitrogens with one attached hydrogen (secondary N) is 2. The highest BCUT2D eigenvalue weighted by atomic mass is 31.2. The Kier molecular flexibility index (Phi) is 16.6. The maximum atomic E-state index is 11.9. The summed E-state index contributed by atoms with van der Waals surface area (Å²) >= 11 is 0. The molecule has 0 aliphatic carbocycles. The predicted molar refractivity (Wildman–Crippen MR) is 128 cm³/mol. The Bertz CT molecular complexity index is 612. The summed E-state index contributed by atoms with van der Waals surface area (Å²) in [6.45, 7) is 5.82. The van der Waals surface area contributed by atoms with Crippen molar-refractivity contribution in [1.82, 2.24) is 10.6 Å². The number of hydrogen-bond donors (Lipinski definition) is 4. The van der Waals surface area contributed by atoms with Crippen LogP contribution in [0, 0.1) is 0 Å². The molecule has 1 atom stereocenters. The number of likely N-dealkylation sites (tertiary alicyclic amines) is 1. The number of rotatable bonds is 21. The number of ether oxygens (including phenoxy) is 1. The van der Waals surface area contributed by atoms with E-state index in [9.17, 15) is 19.0 Å². The lowest BCUT2D eigenvalue weighted by Gasteiger charge is -2.34. The first kappa shape index (κ1) is 31.0. The number of carbonyl (C=O) groups excluding carboxylic acids is 2. The molecule has 1 aliphatic rings. The second kappa shape index (κ2) is 18.2. The van der Waals surface area contributed by atoms with Crippen molar-refractivity contribution in [2.45, 2.75) is 64.2 Å². The molecule has 34 heavy (non-hydrogen) atoms. The van der Waals surface area contributed by atoms with Crippen LogP contribution in [0.3, 0.4) is 0 Å². The topological polar surface area (TPSA) is 163 Å². The van der Waals surface area contributed by atoms with Gasteiger partial charge in [-0.3, -0.25) is 14.2 Å². The third-order valence-corrected chi connectivity index (χ3v) is 6.63. The normalized spacial score (nSPS) is 16.8. The molecular formula is C22H45N4O7P. The monoisotopic (exact) mass is 508 g/mol. The molecule has 200 valence electrons. The van der Waals surface area contributed by atoms with Crippen molar-refractivity contribution >= 4 is 19.6 Å². The summed E-state index contributed by atoms with van der Waals surface area (Å²) in [6, 6.07) is 0. The Balaban J connectivity index is 1.98. The fourth-order valence-corrected chi connectivity index (χ4v) is 4.45. The van der Waals surface area contributed by atoms with Crippen molar-refractivity contribution in [3.8, 4) is 0 Å². The molecule has 0 radical (unpaired) electrons. The van der Waals surface area contributed by atoms with Gasteiger partial charge in [0, 0.05) is 38.8 Å². The molecule has 1 unspecified atom stereocenters. The van der Waals surface area contributed by atoms with Gasteiger partial charge >= 0.3 is 0 Å². The van der Waals surface area contributed by atoms with Crippen LogP contribution in [0.4, 0.5) is 0 Å². The van der Waals surface area contributed by atoms with Crippen LogP contribution in [0.25, 0.3) is 0 Å². The van der Waals surface area contributed by atoms with Gasteiger partial charge in [0.05, 0.1) is 26.3 Å². The van der Waals surface area contributed by atoms with Gasteiger partial charge in [-0.25, -0.2) is 0 Å². The van der Waals surface area contributed by atoms with Crippen molar-refractivity contribution in [2.75, 3.05) is 65.6 Å². The molecule has 0 spiro atoms. The molecule has 0 bridgehead atoms. The molecule has 1 rings (SSSR count). The van der Waals surface area contributed by atoms with Gasteiger partial charge < -0.3 is 39.9 Å². The molecule has 11 nitrogen and oxygen atoms in total. The van der Waals surface area contributed by atoms with Crippen molar-refractivity contribution in [3.63, 3.8) is 0 Å². The van der Waals surface area contributed by atoms with E-state index in [1.54, 1.807) is 0 Å². The predicted octanol–water partition coefficient (Wildman–Crippen LogP) is 0.403. The third-order valence-electron chi connectivity index (χ3n) is 6.12. The summed E-state index contributed by atoms with van der Waals surface area (Å²) in [5.74, 6) is 0.0814. The molecule has 1 heterocycles. The smallest absolute Gasteiger partial charge is 0.265 e. The first-order chi connectivity index (χ1) is 16.3. The van der Waals surface area contributed by atoms with Crippen LogP contribution < -0.4 is 21.3 Å². The lowest BCUT2D eigenvalue weighted by Crippen LogP contribution is -2.49. The summed E-state index contributed by atoms with van der Waals surface area (Å²) in [5, 5.41) is 5.76. The summed E-state index contributed by atoms with van der Waals surface area (Å²) < 4.78 is 21.6. The molecule has 5 N–H and O–H groups in total. The molecule has 0 aromatic heterocycles. The second-order valence-corrected chi connectivity index (χ2v) is 10.2. The highest BCUT2D eigenvalue weighted by Gasteiger charge is 2.31. The average Bonchev–Trinajstić information content (AvgIpc) is 3.24. The Hall–Kier alpha value is -1.07. The van der Waals surface area contributed by atoms with E-state index >= 15 is 0 Å². The quantitative estimate of drug-likeness (QED) is 0.0984. The Morgan fingerprint density at radius 3 is 2.09 bits per heavy atom. The average molecular weight is 509 g/mol. The number of carbonyl (C=O) groups is 2. The van der Waals surface area contributed by atoms with Gasteiger partial charge in [-0.1, -0.05) is 12.8 Å². The Morgan fingerprint density at radius 2 is 1.47 bits per heavy atom. The summed E-state index contributed by atoms with van der Waals surface area (Å²) in [7, 11) is -4.68. The minimum atomic E-state index is -4.68. The summed E-state index contributed by atoms with van der Waals surface area (Å²) in [4.78, 5) is 43.1. The first-order valence-electron chi connectivity index (χ1n) is 12.6. The zero-order valence-corrected chi connectivity index (χ0v) is 21.4. The molecule has 1 saturated heterocycles. The molecule has 1 aliphatic heterocycles. The highest BCUT2D eigenvalue weighted by molar-refractivity contribution is 7.44. The molecule has 0 aromatic carbocycles. The SMILES string of the molecule is NCCCCCC(=O)NCCCCCC(=O)NCCOCC[N+]1(CCOP(=O)([O-])O)CCCC1. The third kappa shape index (κ3) is 16.5. The van der Waals surface area contributed by atoms with Gasteiger partial charge in [0.1, 0.15) is 19.7 Å². The van der Waals surface area contributed by atoms with Crippen LogP contribution in [-0.2, 0) is 23.4 Å². The van der Waals surface area contributed by atoms with E-state index in [4.69, 9.17) is 15.4 Å². The molecule has 0 saturated carbocycles. The van der Waals surface area contributed by atoms with E-state index < -0.39 is 7.82 Å². The summed E-state index contributed by atoms with van der Waals surface area (Å²) in [5.41, 5.74) is 5.43. The number of hydrogen-bond acceptors (Lipinski definition) is 7. The standard InChI is InChI=1S/C22H45N4O7P/c23-11-5-1-3-9-21(27)24-12-6-2-4-10-22(28)25-13-18-32-19-16-26(14-7-8-15-26)17-20-33-34(29,30)31/h1-20,23H2,(H3-,24,25,27,28,29,30,31). The minimum absolute atomic E-state index is 0.00113. The zero-order valence-electron chi connectivity index (χ0n) is 20.5. The van der Waals surface area contributed by atoms with Crippen molar-refractivity contribution in [1.29, 1.82) is 0 Å². The minimum Gasteiger partial charge on any atom is -0.756 e. The van der Waals surface area contributed by atoms with Crippen LogP contribution in [-0.4, -0.2) is 86.8 Å². The number of phosphoric ester groups is 1. The van der Waals surface area contributed by atoms with Crippen LogP contribution in [0.2, 0.25) is 0 Å². The molecule has 0 aromatic rings.